The first kappa shape index (κ1) is 32.8. The molecule has 4 heterocycles. The zero-order valence-electron chi connectivity index (χ0n) is 25.7. The van der Waals surface area contributed by atoms with Crippen LogP contribution in [0.25, 0.3) is 22.3 Å². The number of aromatic nitrogens is 4. The SMILES string of the molecule is CC1(C)COC[C@H]1n1c(Cc2cc(F)c(-c3cccc(OCc4ccc(OCC(F)(F)F)nc4)n3)cc2F)nc2ccc(C(=O)O)cc21. The molecule has 1 saturated heterocycles. The lowest BCUT2D eigenvalue weighted by Crippen LogP contribution is -2.27. The fraction of sp³-hybridized carbons (Fsp3) is 0.294. The molecule has 0 spiro atoms. The summed E-state index contributed by atoms with van der Waals surface area (Å²) >= 11 is 0. The summed E-state index contributed by atoms with van der Waals surface area (Å²) < 4.78 is 86.2. The van der Waals surface area contributed by atoms with Crippen molar-refractivity contribution in [3.8, 4) is 23.0 Å². The molecular formula is C34H29F5N4O5. The van der Waals surface area contributed by atoms with Crippen molar-refractivity contribution in [1.29, 1.82) is 0 Å². The fourth-order valence-electron chi connectivity index (χ4n) is 5.56. The molecule has 2 aromatic carbocycles. The molecular weight excluding hydrogens is 639 g/mol. The Bertz CT molecular complexity index is 1980. The van der Waals surface area contributed by atoms with E-state index < -0.39 is 30.4 Å². The Hall–Kier alpha value is -5.11. The normalized spacial score (nSPS) is 15.9. The minimum Gasteiger partial charge on any atom is -0.478 e. The van der Waals surface area contributed by atoms with Gasteiger partial charge in [0.2, 0.25) is 11.8 Å². The van der Waals surface area contributed by atoms with Gasteiger partial charge in [0.05, 0.1) is 41.5 Å². The maximum Gasteiger partial charge on any atom is 0.422 e. The van der Waals surface area contributed by atoms with Gasteiger partial charge in [-0.05, 0) is 48.0 Å². The van der Waals surface area contributed by atoms with Crippen LogP contribution in [0.5, 0.6) is 11.8 Å². The van der Waals surface area contributed by atoms with Crippen molar-refractivity contribution in [1.82, 2.24) is 19.5 Å². The van der Waals surface area contributed by atoms with Gasteiger partial charge in [0.15, 0.2) is 6.61 Å². The van der Waals surface area contributed by atoms with Gasteiger partial charge in [-0.3, -0.25) is 0 Å². The predicted molar refractivity (Wildman–Crippen MR) is 163 cm³/mol. The lowest BCUT2D eigenvalue weighted by Gasteiger charge is -2.28. The summed E-state index contributed by atoms with van der Waals surface area (Å²) in [6, 6.07) is 13.8. The number of carboxylic acid groups (broad SMARTS) is 1. The van der Waals surface area contributed by atoms with Gasteiger partial charge in [-0.25, -0.2) is 28.5 Å². The average molecular weight is 669 g/mol. The highest BCUT2D eigenvalue weighted by Gasteiger charge is 2.39. The van der Waals surface area contributed by atoms with Gasteiger partial charge >= 0.3 is 12.1 Å². The Kier molecular flexibility index (Phi) is 8.77. The molecule has 3 aromatic heterocycles. The number of hydrogen-bond donors (Lipinski definition) is 1. The molecule has 1 N–H and O–H groups in total. The van der Waals surface area contributed by atoms with Crippen LogP contribution in [0, 0.1) is 17.0 Å². The molecule has 6 rings (SSSR count). The molecule has 1 fully saturated rings. The van der Waals surface area contributed by atoms with Crippen molar-refractivity contribution in [2.45, 2.75) is 39.1 Å². The summed E-state index contributed by atoms with van der Waals surface area (Å²) in [6.07, 6.45) is -3.26. The topological polar surface area (TPSA) is 109 Å². The molecule has 0 amide bonds. The summed E-state index contributed by atoms with van der Waals surface area (Å²) in [5.41, 5.74) is 1.41. The number of pyridine rings is 2. The van der Waals surface area contributed by atoms with E-state index in [4.69, 9.17) is 14.5 Å². The molecule has 48 heavy (non-hydrogen) atoms. The van der Waals surface area contributed by atoms with Crippen LogP contribution in [-0.2, 0) is 17.8 Å². The first-order chi connectivity index (χ1) is 22.8. The highest BCUT2D eigenvalue weighted by molar-refractivity contribution is 5.92. The number of halogens is 5. The van der Waals surface area contributed by atoms with E-state index in [2.05, 4.69) is 14.7 Å². The third-order valence-electron chi connectivity index (χ3n) is 8.03. The van der Waals surface area contributed by atoms with E-state index in [1.54, 1.807) is 12.1 Å². The van der Waals surface area contributed by atoms with Gasteiger partial charge in [-0.2, -0.15) is 13.2 Å². The molecule has 14 heteroatoms. The Morgan fingerprint density at radius 2 is 1.83 bits per heavy atom. The van der Waals surface area contributed by atoms with Gasteiger partial charge < -0.3 is 23.9 Å². The Morgan fingerprint density at radius 3 is 2.52 bits per heavy atom. The molecule has 1 aliphatic heterocycles. The number of carboxylic acids is 1. The molecule has 9 nitrogen and oxygen atoms in total. The minimum atomic E-state index is -4.49. The van der Waals surface area contributed by atoms with E-state index in [-0.39, 0.29) is 58.6 Å². The first-order valence-corrected chi connectivity index (χ1v) is 14.8. The van der Waals surface area contributed by atoms with Gasteiger partial charge in [0.25, 0.3) is 0 Å². The molecule has 0 aliphatic carbocycles. The summed E-state index contributed by atoms with van der Waals surface area (Å²) in [7, 11) is 0. The first-order valence-electron chi connectivity index (χ1n) is 14.8. The lowest BCUT2D eigenvalue weighted by molar-refractivity contribution is -0.154. The second-order valence-electron chi connectivity index (χ2n) is 12.1. The lowest BCUT2D eigenvalue weighted by atomic mass is 9.87. The largest absolute Gasteiger partial charge is 0.478 e. The Labute approximate surface area is 270 Å². The van der Waals surface area contributed by atoms with Crippen LogP contribution in [0.15, 0.2) is 66.9 Å². The summed E-state index contributed by atoms with van der Waals surface area (Å²) in [5.74, 6) is -2.17. The third kappa shape index (κ3) is 7.08. The standard InChI is InChI=1S/C34H29F5N4O5/c1-33(2)17-46-16-28(33)43-27-11-20(32(44)45)7-8-26(27)41-29(43)12-21-10-24(36)22(13-23(21)35)25-4-3-5-31(42-25)47-15-19-6-9-30(40-14-19)48-18-34(37,38)39/h3-11,13-14,28H,12,15-18H2,1-2H3,(H,44,45)/t28-/m1/s1. The quantitative estimate of drug-likeness (QED) is 0.156. The van der Waals surface area contributed by atoms with E-state index in [9.17, 15) is 23.1 Å². The maximum atomic E-state index is 15.7. The summed E-state index contributed by atoms with van der Waals surface area (Å²) in [5, 5.41) is 9.58. The van der Waals surface area contributed by atoms with E-state index in [0.29, 0.717) is 35.6 Å². The number of rotatable bonds is 10. The highest BCUT2D eigenvalue weighted by Crippen LogP contribution is 2.40. The number of carbonyl (C=O) groups is 1. The number of nitrogens with zero attached hydrogens (tertiary/aromatic N) is 4. The van der Waals surface area contributed by atoms with Crippen LogP contribution in [0.1, 0.15) is 47.2 Å². The third-order valence-corrected chi connectivity index (χ3v) is 8.03. The number of hydrogen-bond acceptors (Lipinski definition) is 7. The monoisotopic (exact) mass is 668 g/mol. The molecule has 1 aliphatic rings. The van der Waals surface area contributed by atoms with Crippen LogP contribution < -0.4 is 9.47 Å². The van der Waals surface area contributed by atoms with Gasteiger partial charge in [0.1, 0.15) is 24.1 Å². The van der Waals surface area contributed by atoms with Gasteiger partial charge in [0, 0.05) is 41.3 Å². The van der Waals surface area contributed by atoms with Crippen LogP contribution in [0.4, 0.5) is 22.0 Å². The van der Waals surface area contributed by atoms with Crippen molar-refractivity contribution < 1.29 is 46.1 Å². The smallest absolute Gasteiger partial charge is 0.422 e. The average Bonchev–Trinajstić information content (AvgIpc) is 3.57. The highest BCUT2D eigenvalue weighted by atomic mass is 19.4. The number of benzene rings is 2. The van der Waals surface area contributed by atoms with E-state index in [1.165, 1.54) is 42.6 Å². The number of alkyl halides is 3. The Balaban J connectivity index is 1.23. The van der Waals surface area contributed by atoms with E-state index in [1.807, 2.05) is 18.4 Å². The summed E-state index contributed by atoms with van der Waals surface area (Å²) in [6.45, 7) is 3.34. The predicted octanol–water partition coefficient (Wildman–Crippen LogP) is 7.18. The minimum absolute atomic E-state index is 0.0451. The number of aromatic carboxylic acids is 1. The number of fused-ring (bicyclic) bond motifs is 1. The van der Waals surface area contributed by atoms with Crippen LogP contribution in [-0.4, -0.2) is 56.6 Å². The van der Waals surface area contributed by atoms with Gasteiger partial charge in [-0.15, -0.1) is 0 Å². The number of ether oxygens (including phenoxy) is 3. The molecule has 250 valence electrons. The summed E-state index contributed by atoms with van der Waals surface area (Å²) in [4.78, 5) is 24.5. The van der Waals surface area contributed by atoms with E-state index >= 15 is 8.78 Å². The van der Waals surface area contributed by atoms with Crippen molar-refractivity contribution in [3.05, 3.63) is 101 Å². The molecule has 0 bridgehead atoms. The van der Waals surface area contributed by atoms with Crippen LogP contribution >= 0.6 is 0 Å². The zero-order valence-corrected chi connectivity index (χ0v) is 25.7. The molecule has 0 saturated carbocycles. The van der Waals surface area contributed by atoms with Crippen LogP contribution in [0.2, 0.25) is 0 Å². The van der Waals surface area contributed by atoms with Crippen molar-refractivity contribution >= 4 is 17.0 Å². The Morgan fingerprint density at radius 1 is 1.02 bits per heavy atom. The molecule has 0 unspecified atom stereocenters. The second kappa shape index (κ2) is 12.8. The zero-order chi connectivity index (χ0) is 34.2. The fourth-order valence-corrected chi connectivity index (χ4v) is 5.56. The van der Waals surface area contributed by atoms with Crippen molar-refractivity contribution in [2.24, 2.45) is 5.41 Å². The van der Waals surface area contributed by atoms with Crippen LogP contribution in [0.3, 0.4) is 0 Å². The molecule has 0 radical (unpaired) electrons. The maximum absolute atomic E-state index is 15.7. The molecule has 1 atom stereocenters. The van der Waals surface area contributed by atoms with Gasteiger partial charge in [-0.1, -0.05) is 19.9 Å². The van der Waals surface area contributed by atoms with Crippen molar-refractivity contribution in [2.75, 3.05) is 19.8 Å². The van der Waals surface area contributed by atoms with Crippen molar-refractivity contribution in [3.63, 3.8) is 0 Å². The van der Waals surface area contributed by atoms with E-state index in [0.717, 1.165) is 12.1 Å². The number of imidazole rings is 1. The second-order valence-corrected chi connectivity index (χ2v) is 12.1. The molecule has 5 aromatic rings.